The van der Waals surface area contributed by atoms with Gasteiger partial charge in [-0.05, 0) is 55.2 Å². The van der Waals surface area contributed by atoms with Crippen LogP contribution in [0.2, 0.25) is 0 Å². The molecule has 1 atom stereocenters. The SMILES string of the molecule is O=C(CCc1cc(O)cc(F)c1)[C@@H]1CCCN1S(=O)(=O)c1cc2cc(F)ccc2o1. The number of nitrogens with zero attached hydrogens (tertiary/aromatic N) is 1. The van der Waals surface area contributed by atoms with Gasteiger partial charge in [0, 0.05) is 30.5 Å². The molecule has 2 heterocycles. The zero-order valence-corrected chi connectivity index (χ0v) is 16.7. The number of furan rings is 1. The number of phenolic OH excluding ortho intramolecular Hbond substituents is 1. The maximum absolute atomic E-state index is 13.4. The molecule has 4 rings (SSSR count). The van der Waals surface area contributed by atoms with Crippen molar-refractivity contribution in [3.05, 3.63) is 59.7 Å². The lowest BCUT2D eigenvalue weighted by Crippen LogP contribution is -2.40. The van der Waals surface area contributed by atoms with Gasteiger partial charge in [-0.2, -0.15) is 4.31 Å². The van der Waals surface area contributed by atoms with Crippen LogP contribution in [0, 0.1) is 11.6 Å². The molecule has 0 saturated carbocycles. The highest BCUT2D eigenvalue weighted by atomic mass is 32.2. The maximum atomic E-state index is 13.4. The number of benzene rings is 2. The predicted molar refractivity (Wildman–Crippen MR) is 104 cm³/mol. The van der Waals surface area contributed by atoms with Crippen molar-refractivity contribution in [1.29, 1.82) is 0 Å². The first-order valence-electron chi connectivity index (χ1n) is 9.46. The normalized spacial score (nSPS) is 17.6. The molecule has 1 aliphatic rings. The molecule has 1 N–H and O–H groups in total. The number of aromatic hydroxyl groups is 1. The Morgan fingerprint density at radius 1 is 1.13 bits per heavy atom. The molecular weight excluding hydrogens is 416 g/mol. The number of sulfonamides is 1. The average molecular weight is 435 g/mol. The molecule has 0 spiro atoms. The van der Waals surface area contributed by atoms with E-state index in [9.17, 15) is 27.1 Å². The molecule has 0 aliphatic carbocycles. The van der Waals surface area contributed by atoms with Crippen molar-refractivity contribution < 1.29 is 31.5 Å². The molecule has 6 nitrogen and oxygen atoms in total. The Labute approximate surface area is 171 Å². The molecule has 9 heteroatoms. The molecule has 2 aromatic carbocycles. The van der Waals surface area contributed by atoms with E-state index in [1.807, 2.05) is 0 Å². The third kappa shape index (κ3) is 3.95. The fourth-order valence-electron chi connectivity index (χ4n) is 3.79. The number of hydrogen-bond acceptors (Lipinski definition) is 5. The zero-order valence-electron chi connectivity index (χ0n) is 15.8. The Kier molecular flexibility index (Phi) is 5.33. The van der Waals surface area contributed by atoms with Gasteiger partial charge in [-0.1, -0.05) is 0 Å². The van der Waals surface area contributed by atoms with Crippen molar-refractivity contribution in [3.8, 4) is 5.75 Å². The largest absolute Gasteiger partial charge is 0.508 e. The Morgan fingerprint density at radius 3 is 2.70 bits per heavy atom. The van der Waals surface area contributed by atoms with E-state index in [0.717, 1.165) is 10.4 Å². The van der Waals surface area contributed by atoms with Gasteiger partial charge < -0.3 is 9.52 Å². The number of ketones is 1. The second-order valence-electron chi connectivity index (χ2n) is 7.31. The fraction of sp³-hybridized carbons (Fsp3) is 0.286. The number of aryl methyl sites for hydroxylation is 1. The molecule has 1 aromatic heterocycles. The van der Waals surface area contributed by atoms with E-state index in [1.165, 1.54) is 36.4 Å². The Morgan fingerprint density at radius 2 is 1.93 bits per heavy atom. The van der Waals surface area contributed by atoms with Crippen LogP contribution in [0.25, 0.3) is 11.0 Å². The summed E-state index contributed by atoms with van der Waals surface area (Å²) in [5.41, 5.74) is 0.690. The van der Waals surface area contributed by atoms with Crippen molar-refractivity contribution in [1.82, 2.24) is 4.31 Å². The topological polar surface area (TPSA) is 87.8 Å². The Bertz CT molecular complexity index is 1200. The Balaban J connectivity index is 1.53. The number of rotatable bonds is 6. The summed E-state index contributed by atoms with van der Waals surface area (Å²) in [5.74, 6) is -1.64. The van der Waals surface area contributed by atoms with Crippen LogP contribution >= 0.6 is 0 Å². The second kappa shape index (κ2) is 7.81. The lowest BCUT2D eigenvalue weighted by atomic mass is 10.0. The molecule has 1 saturated heterocycles. The minimum Gasteiger partial charge on any atom is -0.508 e. The van der Waals surface area contributed by atoms with Crippen molar-refractivity contribution in [2.24, 2.45) is 0 Å². The van der Waals surface area contributed by atoms with Gasteiger partial charge in [0.25, 0.3) is 10.0 Å². The molecule has 1 fully saturated rings. The monoisotopic (exact) mass is 435 g/mol. The van der Waals surface area contributed by atoms with Crippen molar-refractivity contribution in [3.63, 3.8) is 0 Å². The lowest BCUT2D eigenvalue weighted by molar-refractivity contribution is -0.122. The highest BCUT2D eigenvalue weighted by Gasteiger charge is 2.40. The van der Waals surface area contributed by atoms with Crippen LogP contribution in [0.4, 0.5) is 8.78 Å². The minimum absolute atomic E-state index is 0.00488. The van der Waals surface area contributed by atoms with Crippen molar-refractivity contribution >= 4 is 26.8 Å². The second-order valence-corrected chi connectivity index (χ2v) is 9.13. The van der Waals surface area contributed by atoms with E-state index in [4.69, 9.17) is 4.42 Å². The molecule has 0 radical (unpaired) electrons. The van der Waals surface area contributed by atoms with E-state index in [2.05, 4.69) is 0 Å². The zero-order chi connectivity index (χ0) is 21.5. The van der Waals surface area contributed by atoms with Gasteiger partial charge in [-0.25, -0.2) is 17.2 Å². The highest BCUT2D eigenvalue weighted by molar-refractivity contribution is 7.89. The van der Waals surface area contributed by atoms with Gasteiger partial charge in [-0.3, -0.25) is 4.79 Å². The summed E-state index contributed by atoms with van der Waals surface area (Å²) in [6.07, 6.45) is 1.08. The third-order valence-corrected chi connectivity index (χ3v) is 6.96. The molecule has 1 aliphatic heterocycles. The molecule has 0 amide bonds. The van der Waals surface area contributed by atoms with Crippen LogP contribution in [0.3, 0.4) is 0 Å². The first kappa shape index (κ1) is 20.5. The molecular formula is C21H19F2NO5S. The molecule has 3 aromatic rings. The standard InChI is InChI=1S/C21H19F2NO5S/c22-15-4-6-20-14(10-15)11-21(29-20)30(27,28)24-7-1-2-18(24)19(26)5-3-13-8-16(23)12-17(25)9-13/h4,6,8-12,18,25H,1-3,5,7H2/t18-/m0/s1. The van der Waals surface area contributed by atoms with E-state index in [-0.39, 0.29) is 41.6 Å². The first-order valence-corrected chi connectivity index (χ1v) is 10.9. The number of carbonyl (C=O) groups is 1. The van der Waals surface area contributed by atoms with Crippen LogP contribution in [0.5, 0.6) is 5.75 Å². The molecule has 158 valence electrons. The summed E-state index contributed by atoms with van der Waals surface area (Å²) in [6, 6.07) is 7.68. The Hall–Kier alpha value is -2.78. The number of halogens is 2. The van der Waals surface area contributed by atoms with Gasteiger partial charge in [0.15, 0.2) is 5.78 Å². The van der Waals surface area contributed by atoms with Crippen molar-refractivity contribution in [2.75, 3.05) is 6.54 Å². The summed E-state index contributed by atoms with van der Waals surface area (Å²) < 4.78 is 59.5. The van der Waals surface area contributed by atoms with E-state index >= 15 is 0 Å². The van der Waals surface area contributed by atoms with E-state index in [1.54, 1.807) is 0 Å². The summed E-state index contributed by atoms with van der Waals surface area (Å²) >= 11 is 0. The van der Waals surface area contributed by atoms with Crippen LogP contribution in [-0.4, -0.2) is 36.2 Å². The average Bonchev–Trinajstić information content (AvgIpc) is 3.32. The van der Waals surface area contributed by atoms with Gasteiger partial charge in [0.1, 0.15) is 23.0 Å². The van der Waals surface area contributed by atoms with E-state index in [0.29, 0.717) is 23.8 Å². The molecule has 0 unspecified atom stereocenters. The fourth-order valence-corrected chi connectivity index (χ4v) is 5.42. The quantitative estimate of drug-likeness (QED) is 0.637. The first-order chi connectivity index (χ1) is 14.2. The van der Waals surface area contributed by atoms with Crippen molar-refractivity contribution in [2.45, 2.75) is 36.8 Å². The van der Waals surface area contributed by atoms with Crippen LogP contribution in [-0.2, 0) is 21.2 Å². The van der Waals surface area contributed by atoms with Crippen LogP contribution in [0.15, 0.2) is 52.0 Å². The predicted octanol–water partition coefficient (Wildman–Crippen LogP) is 3.77. The third-order valence-electron chi connectivity index (χ3n) is 5.20. The minimum atomic E-state index is -4.08. The summed E-state index contributed by atoms with van der Waals surface area (Å²) in [4.78, 5) is 12.8. The number of fused-ring (bicyclic) bond motifs is 1. The summed E-state index contributed by atoms with van der Waals surface area (Å²) in [5, 5.41) is 9.46. The van der Waals surface area contributed by atoms with Gasteiger partial charge in [0.05, 0.1) is 6.04 Å². The van der Waals surface area contributed by atoms with Crippen LogP contribution in [0.1, 0.15) is 24.8 Å². The summed E-state index contributed by atoms with van der Waals surface area (Å²) in [6.45, 7) is 0.172. The molecule has 0 bridgehead atoms. The maximum Gasteiger partial charge on any atom is 0.277 e. The number of phenols is 1. The number of carbonyl (C=O) groups excluding carboxylic acids is 1. The highest BCUT2D eigenvalue weighted by Crippen LogP contribution is 2.31. The van der Waals surface area contributed by atoms with Gasteiger partial charge >= 0.3 is 0 Å². The summed E-state index contributed by atoms with van der Waals surface area (Å²) in [7, 11) is -4.08. The number of Topliss-reactive ketones (excluding diaryl/α,β-unsaturated/α-hetero) is 1. The van der Waals surface area contributed by atoms with Gasteiger partial charge in [0.2, 0.25) is 5.09 Å². The lowest BCUT2D eigenvalue weighted by Gasteiger charge is -2.21. The van der Waals surface area contributed by atoms with Gasteiger partial charge in [-0.15, -0.1) is 0 Å². The smallest absolute Gasteiger partial charge is 0.277 e. The molecule has 30 heavy (non-hydrogen) atoms. The van der Waals surface area contributed by atoms with E-state index < -0.39 is 27.7 Å². The number of hydrogen-bond donors (Lipinski definition) is 1. The van der Waals surface area contributed by atoms with Crippen LogP contribution < -0.4 is 0 Å².